The number of likely N-dealkylation sites (tertiary alicyclic amines) is 1. The normalized spacial score (nSPS) is 14.9. The molecule has 0 unspecified atom stereocenters. The number of carbonyl (C=O) groups excluding carboxylic acids is 1. The fraction of sp³-hybridized carbons (Fsp3) is 0.533. The first-order valence-electron chi connectivity index (χ1n) is 6.71. The minimum Gasteiger partial charge on any atom is -0.378 e. The molecule has 0 spiro atoms. The van der Waals surface area contributed by atoms with Gasteiger partial charge in [0.1, 0.15) is 0 Å². The Morgan fingerprint density at radius 2 is 1.78 bits per heavy atom. The first-order chi connectivity index (χ1) is 8.66. The van der Waals surface area contributed by atoms with Crippen molar-refractivity contribution < 1.29 is 4.79 Å². The lowest BCUT2D eigenvalue weighted by Gasteiger charge is -2.15. The molecule has 1 amide bonds. The summed E-state index contributed by atoms with van der Waals surface area (Å²) in [5, 5.41) is 0. The van der Waals surface area contributed by atoms with Crippen LogP contribution in [0.3, 0.4) is 0 Å². The zero-order chi connectivity index (χ0) is 13.0. The van der Waals surface area contributed by atoms with Crippen LogP contribution in [0.1, 0.15) is 24.8 Å². The molecule has 2 rings (SSSR count). The molecule has 18 heavy (non-hydrogen) atoms. The summed E-state index contributed by atoms with van der Waals surface area (Å²) in [4.78, 5) is 16.0. The summed E-state index contributed by atoms with van der Waals surface area (Å²) < 4.78 is 0. The highest BCUT2D eigenvalue weighted by Gasteiger charge is 2.17. The van der Waals surface area contributed by atoms with E-state index in [9.17, 15) is 4.79 Å². The van der Waals surface area contributed by atoms with Gasteiger partial charge in [-0.25, -0.2) is 0 Å². The molecule has 0 atom stereocenters. The Bertz CT molecular complexity index is 391. The van der Waals surface area contributed by atoms with Gasteiger partial charge in [0.05, 0.1) is 0 Å². The summed E-state index contributed by atoms with van der Waals surface area (Å²) in [6.07, 6.45) is 3.83. The van der Waals surface area contributed by atoms with Crippen LogP contribution >= 0.6 is 0 Å². The predicted octanol–water partition coefficient (Wildman–Crippen LogP) is 2.31. The number of hydrogen-bond donors (Lipinski definition) is 0. The topological polar surface area (TPSA) is 23.6 Å². The van der Waals surface area contributed by atoms with Crippen LogP contribution in [-0.2, 0) is 11.2 Å². The summed E-state index contributed by atoms with van der Waals surface area (Å²) in [7, 11) is 4.07. The first-order valence-corrected chi connectivity index (χ1v) is 6.71. The van der Waals surface area contributed by atoms with Gasteiger partial charge in [-0.1, -0.05) is 12.1 Å². The molecule has 0 N–H and O–H groups in total. The van der Waals surface area contributed by atoms with Gasteiger partial charge < -0.3 is 9.80 Å². The summed E-state index contributed by atoms with van der Waals surface area (Å²) in [6, 6.07) is 8.45. The van der Waals surface area contributed by atoms with Crippen LogP contribution in [-0.4, -0.2) is 38.0 Å². The molecular weight excluding hydrogens is 224 g/mol. The molecule has 1 heterocycles. The Morgan fingerprint density at radius 1 is 1.17 bits per heavy atom. The van der Waals surface area contributed by atoms with Crippen molar-refractivity contribution in [3.05, 3.63) is 29.8 Å². The molecule has 1 aliphatic heterocycles. The molecule has 1 fully saturated rings. The first kappa shape index (κ1) is 12.9. The second kappa shape index (κ2) is 5.89. The van der Waals surface area contributed by atoms with Crippen molar-refractivity contribution in [1.29, 1.82) is 0 Å². The highest BCUT2D eigenvalue weighted by Crippen LogP contribution is 2.15. The van der Waals surface area contributed by atoms with Crippen LogP contribution in [0.4, 0.5) is 5.69 Å². The van der Waals surface area contributed by atoms with Crippen molar-refractivity contribution in [2.45, 2.75) is 25.7 Å². The average molecular weight is 246 g/mol. The van der Waals surface area contributed by atoms with Crippen LogP contribution in [0, 0.1) is 0 Å². The largest absolute Gasteiger partial charge is 0.378 e. The molecule has 1 saturated heterocycles. The molecule has 0 bridgehead atoms. The zero-order valence-electron chi connectivity index (χ0n) is 11.4. The Labute approximate surface area is 109 Å². The number of rotatable bonds is 4. The van der Waals surface area contributed by atoms with E-state index in [0.717, 1.165) is 19.5 Å². The molecule has 0 aromatic heterocycles. The molecular formula is C15H22N2O. The Hall–Kier alpha value is -1.51. The molecule has 98 valence electrons. The molecule has 0 aliphatic carbocycles. The van der Waals surface area contributed by atoms with E-state index in [4.69, 9.17) is 0 Å². The molecule has 1 aliphatic rings. The van der Waals surface area contributed by atoms with Crippen LogP contribution in [0.2, 0.25) is 0 Å². The van der Waals surface area contributed by atoms with Crippen molar-refractivity contribution in [2.24, 2.45) is 0 Å². The van der Waals surface area contributed by atoms with Gasteiger partial charge in [-0.2, -0.15) is 0 Å². The van der Waals surface area contributed by atoms with Gasteiger partial charge >= 0.3 is 0 Å². The van der Waals surface area contributed by atoms with Crippen molar-refractivity contribution in [3.63, 3.8) is 0 Å². The summed E-state index contributed by atoms with van der Waals surface area (Å²) in [6.45, 7) is 1.91. The van der Waals surface area contributed by atoms with E-state index >= 15 is 0 Å². The quantitative estimate of drug-likeness (QED) is 0.814. The maximum atomic E-state index is 11.9. The van der Waals surface area contributed by atoms with Gasteiger partial charge in [0, 0.05) is 39.3 Å². The van der Waals surface area contributed by atoms with Crippen LogP contribution in [0.25, 0.3) is 0 Å². The van der Waals surface area contributed by atoms with E-state index in [2.05, 4.69) is 29.2 Å². The van der Waals surface area contributed by atoms with Crippen molar-refractivity contribution in [3.8, 4) is 0 Å². The van der Waals surface area contributed by atoms with Gasteiger partial charge in [-0.15, -0.1) is 0 Å². The van der Waals surface area contributed by atoms with E-state index in [1.807, 2.05) is 19.0 Å². The highest BCUT2D eigenvalue weighted by atomic mass is 16.2. The van der Waals surface area contributed by atoms with Gasteiger partial charge in [0.25, 0.3) is 0 Å². The number of benzene rings is 1. The van der Waals surface area contributed by atoms with Crippen molar-refractivity contribution in [1.82, 2.24) is 4.90 Å². The number of nitrogens with zero attached hydrogens (tertiary/aromatic N) is 2. The number of anilines is 1. The maximum absolute atomic E-state index is 11.9. The molecule has 3 nitrogen and oxygen atoms in total. The third-order valence-corrected chi connectivity index (χ3v) is 3.54. The van der Waals surface area contributed by atoms with Crippen LogP contribution in [0.5, 0.6) is 0 Å². The van der Waals surface area contributed by atoms with Gasteiger partial charge in [0.2, 0.25) is 5.91 Å². The highest BCUT2D eigenvalue weighted by molar-refractivity contribution is 5.76. The van der Waals surface area contributed by atoms with Gasteiger partial charge in [-0.3, -0.25) is 4.79 Å². The fourth-order valence-electron chi connectivity index (χ4n) is 2.34. The lowest BCUT2D eigenvalue weighted by atomic mass is 10.1. The van der Waals surface area contributed by atoms with E-state index in [-0.39, 0.29) is 0 Å². The van der Waals surface area contributed by atoms with E-state index in [0.29, 0.717) is 12.3 Å². The van der Waals surface area contributed by atoms with Gasteiger partial charge in [0.15, 0.2) is 0 Å². The lowest BCUT2D eigenvalue weighted by molar-refractivity contribution is -0.130. The standard InChI is InChI=1S/C15H22N2O/c1-16(2)14-8-5-13(6-9-14)7-10-15(18)17-11-3-4-12-17/h5-6,8-9H,3-4,7,10-12H2,1-2H3. The monoisotopic (exact) mass is 246 g/mol. The fourth-order valence-corrected chi connectivity index (χ4v) is 2.34. The zero-order valence-corrected chi connectivity index (χ0v) is 11.4. The maximum Gasteiger partial charge on any atom is 0.222 e. The minimum absolute atomic E-state index is 0.309. The third kappa shape index (κ3) is 3.25. The Balaban J connectivity index is 1.84. The number of hydrogen-bond acceptors (Lipinski definition) is 2. The van der Waals surface area contributed by atoms with E-state index in [1.165, 1.54) is 24.1 Å². The summed E-state index contributed by atoms with van der Waals surface area (Å²) in [5.74, 6) is 0.309. The van der Waals surface area contributed by atoms with E-state index < -0.39 is 0 Å². The summed E-state index contributed by atoms with van der Waals surface area (Å²) in [5.41, 5.74) is 2.44. The third-order valence-electron chi connectivity index (χ3n) is 3.54. The van der Waals surface area contributed by atoms with Gasteiger partial charge in [-0.05, 0) is 37.0 Å². The SMILES string of the molecule is CN(C)c1ccc(CCC(=O)N2CCCC2)cc1. The van der Waals surface area contributed by atoms with Crippen molar-refractivity contribution >= 4 is 11.6 Å². The van der Waals surface area contributed by atoms with Crippen LogP contribution < -0.4 is 4.90 Å². The molecule has 3 heteroatoms. The number of aryl methyl sites for hydroxylation is 1. The molecule has 0 radical (unpaired) electrons. The molecule has 1 aromatic carbocycles. The second-order valence-electron chi connectivity index (χ2n) is 5.15. The number of amides is 1. The number of carbonyl (C=O) groups is 1. The van der Waals surface area contributed by atoms with Crippen molar-refractivity contribution in [2.75, 3.05) is 32.1 Å². The average Bonchev–Trinajstić information content (AvgIpc) is 2.90. The molecule has 0 saturated carbocycles. The van der Waals surface area contributed by atoms with E-state index in [1.54, 1.807) is 0 Å². The predicted molar refractivity (Wildman–Crippen MR) is 74.9 cm³/mol. The Kier molecular flexibility index (Phi) is 4.24. The Morgan fingerprint density at radius 3 is 2.33 bits per heavy atom. The van der Waals surface area contributed by atoms with Crippen LogP contribution in [0.15, 0.2) is 24.3 Å². The minimum atomic E-state index is 0.309. The second-order valence-corrected chi connectivity index (χ2v) is 5.15. The lowest BCUT2D eigenvalue weighted by Crippen LogP contribution is -2.27. The smallest absolute Gasteiger partial charge is 0.222 e. The summed E-state index contributed by atoms with van der Waals surface area (Å²) >= 11 is 0. The molecule has 1 aromatic rings.